The number of aryl methyl sites for hydroxylation is 1. The molecular formula is C21H25F3N2O2S. The van der Waals surface area contributed by atoms with Gasteiger partial charge in [-0.25, -0.2) is 8.42 Å². The molecule has 0 bridgehead atoms. The van der Waals surface area contributed by atoms with Gasteiger partial charge in [-0.3, -0.25) is 4.72 Å². The molecule has 0 spiro atoms. The summed E-state index contributed by atoms with van der Waals surface area (Å²) in [6.45, 7) is 3.45. The number of halogens is 3. The van der Waals surface area contributed by atoms with Gasteiger partial charge in [-0.1, -0.05) is 25.5 Å². The molecule has 1 heterocycles. The number of nitrogens with zero attached hydrogens (tertiary/aromatic N) is 1. The predicted molar refractivity (Wildman–Crippen MR) is 109 cm³/mol. The average Bonchev–Trinajstić information content (AvgIpc) is 3.20. The molecule has 0 unspecified atom stereocenters. The van der Waals surface area contributed by atoms with Crippen molar-refractivity contribution in [3.63, 3.8) is 0 Å². The van der Waals surface area contributed by atoms with Crippen LogP contribution in [0.3, 0.4) is 0 Å². The van der Waals surface area contributed by atoms with Crippen LogP contribution in [0.15, 0.2) is 47.4 Å². The SMILES string of the molecule is CCCCc1ccc(S(=O)(=O)Nc2cc(C(F)(F)F)ccc2N2CCCC2)cc1. The van der Waals surface area contributed by atoms with E-state index in [2.05, 4.69) is 11.6 Å². The summed E-state index contributed by atoms with van der Waals surface area (Å²) in [5.74, 6) is 0. The van der Waals surface area contributed by atoms with Crippen molar-refractivity contribution in [3.8, 4) is 0 Å². The van der Waals surface area contributed by atoms with E-state index in [4.69, 9.17) is 0 Å². The fourth-order valence-electron chi connectivity index (χ4n) is 3.45. The Morgan fingerprint density at radius 2 is 1.69 bits per heavy atom. The molecule has 0 aromatic heterocycles. The summed E-state index contributed by atoms with van der Waals surface area (Å²) in [6, 6.07) is 9.71. The summed E-state index contributed by atoms with van der Waals surface area (Å²) in [4.78, 5) is 1.94. The number of sulfonamides is 1. The zero-order valence-electron chi connectivity index (χ0n) is 16.3. The van der Waals surface area contributed by atoms with Gasteiger partial charge in [-0.15, -0.1) is 0 Å². The third kappa shape index (κ3) is 5.23. The molecule has 2 aromatic carbocycles. The molecule has 158 valence electrons. The second-order valence-electron chi connectivity index (χ2n) is 7.28. The van der Waals surface area contributed by atoms with Gasteiger partial charge in [0.2, 0.25) is 0 Å². The van der Waals surface area contributed by atoms with E-state index in [1.807, 2.05) is 4.90 Å². The Hall–Kier alpha value is -2.22. The minimum atomic E-state index is -4.55. The maximum Gasteiger partial charge on any atom is 0.416 e. The molecule has 3 rings (SSSR count). The van der Waals surface area contributed by atoms with Crippen LogP contribution < -0.4 is 9.62 Å². The third-order valence-corrected chi connectivity index (χ3v) is 6.45. The Balaban J connectivity index is 1.91. The van der Waals surface area contributed by atoms with Gasteiger partial charge in [0.1, 0.15) is 0 Å². The number of nitrogens with one attached hydrogen (secondary N) is 1. The molecule has 2 aromatic rings. The maximum absolute atomic E-state index is 13.2. The second kappa shape index (κ2) is 8.65. The van der Waals surface area contributed by atoms with E-state index in [1.54, 1.807) is 12.1 Å². The summed E-state index contributed by atoms with van der Waals surface area (Å²) in [6.07, 6.45) is 0.199. The normalized spacial score (nSPS) is 15.0. The van der Waals surface area contributed by atoms with E-state index in [1.165, 1.54) is 18.2 Å². The molecular weight excluding hydrogens is 401 g/mol. The van der Waals surface area contributed by atoms with Gasteiger partial charge >= 0.3 is 6.18 Å². The first-order valence-corrected chi connectivity index (χ1v) is 11.3. The van der Waals surface area contributed by atoms with Crippen LogP contribution in [0.2, 0.25) is 0 Å². The third-order valence-electron chi connectivity index (χ3n) is 5.07. The summed E-state index contributed by atoms with van der Waals surface area (Å²) in [7, 11) is -4.01. The largest absolute Gasteiger partial charge is 0.416 e. The van der Waals surface area contributed by atoms with Crippen molar-refractivity contribution < 1.29 is 21.6 Å². The van der Waals surface area contributed by atoms with Crippen molar-refractivity contribution in [2.75, 3.05) is 22.7 Å². The van der Waals surface area contributed by atoms with Gasteiger partial charge in [-0.2, -0.15) is 13.2 Å². The van der Waals surface area contributed by atoms with Crippen LogP contribution in [0, 0.1) is 0 Å². The fraction of sp³-hybridized carbons (Fsp3) is 0.429. The number of anilines is 2. The van der Waals surface area contributed by atoms with Crippen molar-refractivity contribution in [1.29, 1.82) is 0 Å². The summed E-state index contributed by atoms with van der Waals surface area (Å²) < 4.78 is 67.6. The van der Waals surface area contributed by atoms with Crippen molar-refractivity contribution in [1.82, 2.24) is 0 Å². The van der Waals surface area contributed by atoms with Crippen molar-refractivity contribution in [2.45, 2.75) is 50.1 Å². The molecule has 4 nitrogen and oxygen atoms in total. The maximum atomic E-state index is 13.2. The number of hydrogen-bond donors (Lipinski definition) is 1. The Morgan fingerprint density at radius 3 is 2.28 bits per heavy atom. The molecule has 1 N–H and O–H groups in total. The summed E-state index contributed by atoms with van der Waals surface area (Å²) in [5, 5.41) is 0. The second-order valence-corrected chi connectivity index (χ2v) is 8.96. The van der Waals surface area contributed by atoms with E-state index < -0.39 is 21.8 Å². The van der Waals surface area contributed by atoms with Crippen LogP contribution in [-0.2, 0) is 22.6 Å². The van der Waals surface area contributed by atoms with Crippen molar-refractivity contribution >= 4 is 21.4 Å². The lowest BCUT2D eigenvalue weighted by molar-refractivity contribution is -0.137. The topological polar surface area (TPSA) is 49.4 Å². The van der Waals surface area contributed by atoms with Crippen LogP contribution in [0.4, 0.5) is 24.5 Å². The number of hydrogen-bond acceptors (Lipinski definition) is 3. The number of benzene rings is 2. The standard InChI is InChI=1S/C21H25F3N2O2S/c1-2-3-6-16-7-10-18(11-8-16)29(27,28)25-19-15-17(21(22,23)24)9-12-20(19)26-13-4-5-14-26/h7-12,15,25H,2-6,13-14H2,1H3. The Labute approximate surface area is 169 Å². The number of rotatable bonds is 7. The highest BCUT2D eigenvalue weighted by atomic mass is 32.2. The van der Waals surface area contributed by atoms with Gasteiger partial charge < -0.3 is 4.90 Å². The van der Waals surface area contributed by atoms with Crippen LogP contribution in [0.5, 0.6) is 0 Å². The average molecular weight is 427 g/mol. The quantitative estimate of drug-likeness (QED) is 0.641. The zero-order chi connectivity index (χ0) is 21.1. The van der Waals surface area contributed by atoms with E-state index in [0.29, 0.717) is 18.8 Å². The molecule has 0 atom stereocenters. The van der Waals surface area contributed by atoms with E-state index in [-0.39, 0.29) is 10.6 Å². The van der Waals surface area contributed by atoms with E-state index >= 15 is 0 Å². The smallest absolute Gasteiger partial charge is 0.370 e. The minimum absolute atomic E-state index is 0.0301. The van der Waals surface area contributed by atoms with Crippen LogP contribution in [0.25, 0.3) is 0 Å². The van der Waals surface area contributed by atoms with E-state index in [9.17, 15) is 21.6 Å². The molecule has 1 saturated heterocycles. The fourth-order valence-corrected chi connectivity index (χ4v) is 4.51. The van der Waals surface area contributed by atoms with Crippen LogP contribution in [-0.4, -0.2) is 21.5 Å². The lowest BCUT2D eigenvalue weighted by atomic mass is 10.1. The van der Waals surface area contributed by atoms with E-state index in [0.717, 1.165) is 49.8 Å². The van der Waals surface area contributed by atoms with Crippen LogP contribution >= 0.6 is 0 Å². The van der Waals surface area contributed by atoms with Crippen molar-refractivity contribution in [3.05, 3.63) is 53.6 Å². The molecule has 0 aliphatic carbocycles. The Morgan fingerprint density at radius 1 is 1.03 bits per heavy atom. The predicted octanol–water partition coefficient (Wildman–Crippen LogP) is 5.45. The minimum Gasteiger partial charge on any atom is -0.370 e. The monoisotopic (exact) mass is 426 g/mol. The molecule has 0 radical (unpaired) electrons. The molecule has 1 aliphatic rings. The van der Waals surface area contributed by atoms with Crippen LogP contribution in [0.1, 0.15) is 43.7 Å². The highest BCUT2D eigenvalue weighted by molar-refractivity contribution is 7.92. The first-order chi connectivity index (χ1) is 13.7. The van der Waals surface area contributed by atoms with Gasteiger partial charge in [0.15, 0.2) is 0 Å². The summed E-state index contributed by atoms with van der Waals surface area (Å²) in [5.41, 5.74) is 0.575. The molecule has 29 heavy (non-hydrogen) atoms. The van der Waals surface area contributed by atoms with Gasteiger partial charge in [0, 0.05) is 13.1 Å². The first-order valence-electron chi connectivity index (χ1n) is 9.78. The first kappa shape index (κ1) is 21.5. The number of unbranched alkanes of at least 4 members (excludes halogenated alkanes) is 1. The lowest BCUT2D eigenvalue weighted by Gasteiger charge is -2.23. The van der Waals surface area contributed by atoms with Gasteiger partial charge in [0.05, 0.1) is 21.8 Å². The summed E-state index contributed by atoms with van der Waals surface area (Å²) >= 11 is 0. The zero-order valence-corrected chi connectivity index (χ0v) is 17.1. The Bertz CT molecular complexity index is 935. The molecule has 0 amide bonds. The highest BCUT2D eigenvalue weighted by Gasteiger charge is 2.32. The molecule has 1 aliphatic heterocycles. The lowest BCUT2D eigenvalue weighted by Crippen LogP contribution is -2.22. The molecule has 0 saturated carbocycles. The van der Waals surface area contributed by atoms with Gasteiger partial charge in [0.25, 0.3) is 10.0 Å². The molecule has 8 heteroatoms. The van der Waals surface area contributed by atoms with Crippen molar-refractivity contribution in [2.24, 2.45) is 0 Å². The molecule has 1 fully saturated rings. The highest BCUT2D eigenvalue weighted by Crippen LogP contribution is 2.37. The number of alkyl halides is 3. The van der Waals surface area contributed by atoms with Gasteiger partial charge in [-0.05, 0) is 61.6 Å². The Kier molecular flexibility index (Phi) is 6.41.